The molecule has 0 aliphatic carbocycles. The third kappa shape index (κ3) is 5.00. The van der Waals surface area contributed by atoms with Crippen LogP contribution in [0.2, 0.25) is 5.15 Å². The standard InChI is InChI=1S/C10H12Cl2N2O/c11-5-2-1-3-10(15)14-8-4-6-13-9(12)7-8/h4,6-7H,1-3,5H2,(H,13,14,15). The molecule has 0 bridgehead atoms. The summed E-state index contributed by atoms with van der Waals surface area (Å²) in [4.78, 5) is 15.2. The van der Waals surface area contributed by atoms with Gasteiger partial charge >= 0.3 is 0 Å². The zero-order valence-corrected chi connectivity index (χ0v) is 9.68. The molecule has 5 heteroatoms. The van der Waals surface area contributed by atoms with E-state index in [0.717, 1.165) is 12.8 Å². The van der Waals surface area contributed by atoms with Gasteiger partial charge in [-0.2, -0.15) is 0 Å². The van der Waals surface area contributed by atoms with E-state index < -0.39 is 0 Å². The SMILES string of the molecule is O=C(CCCCCl)Nc1ccnc(Cl)c1. The van der Waals surface area contributed by atoms with Crippen LogP contribution >= 0.6 is 23.2 Å². The monoisotopic (exact) mass is 246 g/mol. The van der Waals surface area contributed by atoms with Gasteiger partial charge in [-0.05, 0) is 25.0 Å². The molecule has 0 aliphatic heterocycles. The van der Waals surface area contributed by atoms with Gasteiger partial charge in [-0.25, -0.2) is 4.98 Å². The van der Waals surface area contributed by atoms with Crippen molar-refractivity contribution >= 4 is 34.8 Å². The third-order valence-corrected chi connectivity index (χ3v) is 2.27. The zero-order chi connectivity index (χ0) is 11.1. The molecule has 0 unspecified atom stereocenters. The summed E-state index contributed by atoms with van der Waals surface area (Å²) >= 11 is 11.2. The largest absolute Gasteiger partial charge is 0.326 e. The Kier molecular flexibility index (Phi) is 5.43. The van der Waals surface area contributed by atoms with Crippen molar-refractivity contribution in [1.82, 2.24) is 4.98 Å². The molecular weight excluding hydrogens is 235 g/mol. The van der Waals surface area contributed by atoms with Gasteiger partial charge in [0.05, 0.1) is 0 Å². The molecule has 1 N–H and O–H groups in total. The fourth-order valence-corrected chi connectivity index (χ4v) is 1.45. The highest BCUT2D eigenvalue weighted by molar-refractivity contribution is 6.29. The molecule has 0 aromatic carbocycles. The van der Waals surface area contributed by atoms with Crippen molar-refractivity contribution in [2.24, 2.45) is 0 Å². The van der Waals surface area contributed by atoms with Crippen LogP contribution < -0.4 is 5.32 Å². The Bertz CT molecular complexity index is 331. The summed E-state index contributed by atoms with van der Waals surface area (Å²) in [5, 5.41) is 3.10. The molecule has 15 heavy (non-hydrogen) atoms. The normalized spacial score (nSPS) is 10.0. The number of carbonyl (C=O) groups is 1. The number of hydrogen-bond donors (Lipinski definition) is 1. The molecule has 0 radical (unpaired) electrons. The van der Waals surface area contributed by atoms with Gasteiger partial charge in [0, 0.05) is 24.2 Å². The van der Waals surface area contributed by atoms with Crippen LogP contribution in [-0.2, 0) is 4.79 Å². The summed E-state index contributed by atoms with van der Waals surface area (Å²) in [5.41, 5.74) is 0.672. The fourth-order valence-electron chi connectivity index (χ4n) is 1.08. The second kappa shape index (κ2) is 6.64. The van der Waals surface area contributed by atoms with Gasteiger partial charge in [-0.15, -0.1) is 11.6 Å². The minimum Gasteiger partial charge on any atom is -0.326 e. The molecule has 0 atom stereocenters. The topological polar surface area (TPSA) is 42.0 Å². The Labute approximate surface area is 98.8 Å². The van der Waals surface area contributed by atoms with Crippen LogP contribution in [-0.4, -0.2) is 16.8 Å². The lowest BCUT2D eigenvalue weighted by Crippen LogP contribution is -2.11. The lowest BCUT2D eigenvalue weighted by molar-refractivity contribution is -0.116. The lowest BCUT2D eigenvalue weighted by atomic mass is 10.2. The van der Waals surface area contributed by atoms with E-state index in [1.807, 2.05) is 0 Å². The molecule has 1 aromatic rings. The molecule has 1 rings (SSSR count). The average molecular weight is 247 g/mol. The molecule has 0 saturated heterocycles. The average Bonchev–Trinajstić information content (AvgIpc) is 2.18. The van der Waals surface area contributed by atoms with Gasteiger partial charge in [0.15, 0.2) is 0 Å². The van der Waals surface area contributed by atoms with Gasteiger partial charge in [0.1, 0.15) is 5.15 Å². The van der Waals surface area contributed by atoms with E-state index in [1.54, 1.807) is 18.3 Å². The Balaban J connectivity index is 2.37. The van der Waals surface area contributed by atoms with Crippen LogP contribution in [0.15, 0.2) is 18.3 Å². The van der Waals surface area contributed by atoms with Crippen molar-refractivity contribution in [2.75, 3.05) is 11.2 Å². The first-order valence-corrected chi connectivity index (χ1v) is 5.61. The number of alkyl halides is 1. The second-order valence-corrected chi connectivity index (χ2v) is 3.83. The Hall–Kier alpha value is -0.800. The van der Waals surface area contributed by atoms with Gasteiger partial charge in [0.25, 0.3) is 0 Å². The highest BCUT2D eigenvalue weighted by Crippen LogP contribution is 2.12. The zero-order valence-electron chi connectivity index (χ0n) is 8.17. The van der Waals surface area contributed by atoms with E-state index in [4.69, 9.17) is 23.2 Å². The van der Waals surface area contributed by atoms with Crippen molar-refractivity contribution in [3.8, 4) is 0 Å². The van der Waals surface area contributed by atoms with E-state index in [0.29, 0.717) is 23.1 Å². The number of carbonyl (C=O) groups excluding carboxylic acids is 1. The van der Waals surface area contributed by atoms with Crippen LogP contribution in [0.1, 0.15) is 19.3 Å². The van der Waals surface area contributed by atoms with E-state index in [2.05, 4.69) is 10.3 Å². The first-order valence-electron chi connectivity index (χ1n) is 4.70. The molecule has 1 aromatic heterocycles. The third-order valence-electron chi connectivity index (χ3n) is 1.80. The van der Waals surface area contributed by atoms with Crippen molar-refractivity contribution < 1.29 is 4.79 Å². The predicted octanol–water partition coefficient (Wildman–Crippen LogP) is 3.08. The number of nitrogens with zero attached hydrogens (tertiary/aromatic N) is 1. The first-order chi connectivity index (χ1) is 7.22. The van der Waals surface area contributed by atoms with Gasteiger partial charge in [-0.3, -0.25) is 4.79 Å². The number of hydrogen-bond acceptors (Lipinski definition) is 2. The van der Waals surface area contributed by atoms with Crippen LogP contribution in [0.4, 0.5) is 5.69 Å². The Morgan fingerprint density at radius 1 is 1.47 bits per heavy atom. The number of rotatable bonds is 5. The summed E-state index contributed by atoms with van der Waals surface area (Å²) in [6, 6.07) is 3.31. The maximum Gasteiger partial charge on any atom is 0.224 e. The van der Waals surface area contributed by atoms with Gasteiger partial charge in [0.2, 0.25) is 5.91 Å². The minimum absolute atomic E-state index is 0.0256. The number of amides is 1. The maximum absolute atomic E-state index is 11.4. The predicted molar refractivity (Wildman–Crippen MR) is 62.4 cm³/mol. The molecule has 82 valence electrons. The summed E-state index contributed by atoms with van der Waals surface area (Å²) in [5.74, 6) is 0.566. The molecular formula is C10H12Cl2N2O. The molecule has 0 aliphatic rings. The van der Waals surface area contributed by atoms with Crippen LogP contribution in [0.3, 0.4) is 0 Å². The molecule has 0 spiro atoms. The van der Waals surface area contributed by atoms with Crippen molar-refractivity contribution in [2.45, 2.75) is 19.3 Å². The molecule has 3 nitrogen and oxygen atoms in total. The Morgan fingerprint density at radius 2 is 2.27 bits per heavy atom. The lowest BCUT2D eigenvalue weighted by Gasteiger charge is -2.04. The second-order valence-electron chi connectivity index (χ2n) is 3.06. The van der Waals surface area contributed by atoms with Gasteiger partial charge < -0.3 is 5.32 Å². The van der Waals surface area contributed by atoms with Crippen molar-refractivity contribution in [3.05, 3.63) is 23.5 Å². The fraction of sp³-hybridized carbons (Fsp3) is 0.400. The minimum atomic E-state index is -0.0256. The number of halogens is 2. The van der Waals surface area contributed by atoms with Crippen molar-refractivity contribution in [3.63, 3.8) is 0 Å². The van der Waals surface area contributed by atoms with Crippen LogP contribution in [0.5, 0.6) is 0 Å². The maximum atomic E-state index is 11.4. The molecule has 0 saturated carbocycles. The van der Waals surface area contributed by atoms with Crippen LogP contribution in [0, 0.1) is 0 Å². The summed E-state index contributed by atoms with van der Waals surface area (Å²) in [6.45, 7) is 0. The van der Waals surface area contributed by atoms with E-state index in [-0.39, 0.29) is 5.91 Å². The summed E-state index contributed by atoms with van der Waals surface area (Å²) in [7, 11) is 0. The van der Waals surface area contributed by atoms with Gasteiger partial charge in [-0.1, -0.05) is 11.6 Å². The highest BCUT2D eigenvalue weighted by atomic mass is 35.5. The number of unbranched alkanes of at least 4 members (excludes halogenated alkanes) is 1. The summed E-state index contributed by atoms with van der Waals surface area (Å²) in [6.07, 6.45) is 3.68. The summed E-state index contributed by atoms with van der Waals surface area (Å²) < 4.78 is 0. The molecule has 1 amide bonds. The number of anilines is 1. The van der Waals surface area contributed by atoms with E-state index >= 15 is 0 Å². The quantitative estimate of drug-likeness (QED) is 0.493. The number of nitrogens with one attached hydrogen (secondary N) is 1. The number of pyridine rings is 1. The molecule has 0 fully saturated rings. The Morgan fingerprint density at radius 3 is 2.93 bits per heavy atom. The van der Waals surface area contributed by atoms with Crippen molar-refractivity contribution in [1.29, 1.82) is 0 Å². The smallest absolute Gasteiger partial charge is 0.224 e. The number of aromatic nitrogens is 1. The van der Waals surface area contributed by atoms with E-state index in [1.165, 1.54) is 0 Å². The molecule has 1 heterocycles. The van der Waals surface area contributed by atoms with Crippen LogP contribution in [0.25, 0.3) is 0 Å². The highest BCUT2D eigenvalue weighted by Gasteiger charge is 2.02. The van der Waals surface area contributed by atoms with E-state index in [9.17, 15) is 4.79 Å². The first kappa shape index (κ1) is 12.3.